The highest BCUT2D eigenvalue weighted by Gasteiger charge is 2.09. The fraction of sp³-hybridized carbons (Fsp3) is 0.158. The van der Waals surface area contributed by atoms with E-state index >= 15 is 0 Å². The van der Waals surface area contributed by atoms with Gasteiger partial charge in [0, 0.05) is 17.5 Å². The highest BCUT2D eigenvalue weighted by atomic mass is 32.1. The van der Waals surface area contributed by atoms with Crippen molar-refractivity contribution in [1.82, 2.24) is 4.98 Å². The number of amides is 1. The summed E-state index contributed by atoms with van der Waals surface area (Å²) in [5.41, 5.74) is 1.62. The average Bonchev–Trinajstić information content (AvgIpc) is 3.06. The Kier molecular flexibility index (Phi) is 6.04. The molecular formula is C19H16F2N2O2S. The molecule has 134 valence electrons. The normalized spacial score (nSPS) is 10.7. The average molecular weight is 374 g/mol. The zero-order valence-electron chi connectivity index (χ0n) is 13.7. The molecule has 0 radical (unpaired) electrons. The van der Waals surface area contributed by atoms with Gasteiger partial charge < -0.3 is 4.74 Å². The fourth-order valence-electron chi connectivity index (χ4n) is 2.29. The summed E-state index contributed by atoms with van der Waals surface area (Å²) in [6, 6.07) is 13.3. The number of nitrogens with one attached hydrogen (secondary N) is 1. The Bertz CT molecular complexity index is 884. The number of thiazole rings is 1. The second-order valence-electron chi connectivity index (χ2n) is 5.58. The van der Waals surface area contributed by atoms with Crippen molar-refractivity contribution >= 4 is 22.4 Å². The van der Waals surface area contributed by atoms with E-state index in [1.165, 1.54) is 17.4 Å². The largest absolute Gasteiger partial charge is 0.367 e. The summed E-state index contributed by atoms with van der Waals surface area (Å²) >= 11 is 1.28. The van der Waals surface area contributed by atoms with Crippen LogP contribution in [0.2, 0.25) is 0 Å². The number of carbonyl (C=O) groups is 1. The van der Waals surface area contributed by atoms with Gasteiger partial charge in [-0.15, -0.1) is 11.3 Å². The number of ether oxygens (including phenoxy) is 1. The van der Waals surface area contributed by atoms with Gasteiger partial charge in [0.15, 0.2) is 16.8 Å². The number of hydrogen-bond acceptors (Lipinski definition) is 4. The van der Waals surface area contributed by atoms with Gasteiger partial charge in [-0.25, -0.2) is 13.8 Å². The zero-order chi connectivity index (χ0) is 18.4. The predicted molar refractivity (Wildman–Crippen MR) is 96.0 cm³/mol. The number of hydrogen-bond donors (Lipinski definition) is 1. The Hall–Kier alpha value is -2.64. The first-order chi connectivity index (χ1) is 12.6. The van der Waals surface area contributed by atoms with Crippen LogP contribution in [0.5, 0.6) is 0 Å². The van der Waals surface area contributed by atoms with Gasteiger partial charge in [0.2, 0.25) is 0 Å². The summed E-state index contributed by atoms with van der Waals surface area (Å²) in [4.78, 5) is 16.8. The lowest BCUT2D eigenvalue weighted by Gasteiger charge is -2.04. The van der Waals surface area contributed by atoms with Crippen molar-refractivity contribution in [3.05, 3.63) is 82.4 Å². The van der Waals surface area contributed by atoms with E-state index < -0.39 is 11.6 Å². The van der Waals surface area contributed by atoms with Gasteiger partial charge >= 0.3 is 0 Å². The van der Waals surface area contributed by atoms with Gasteiger partial charge in [0.1, 0.15) is 6.61 Å². The number of rotatable bonds is 7. The Labute approximate surface area is 153 Å². The van der Waals surface area contributed by atoms with Gasteiger partial charge in [0.25, 0.3) is 5.91 Å². The van der Waals surface area contributed by atoms with Gasteiger partial charge in [-0.3, -0.25) is 10.1 Å². The molecule has 1 amide bonds. The zero-order valence-corrected chi connectivity index (χ0v) is 14.6. The van der Waals surface area contributed by atoms with Crippen LogP contribution in [0.15, 0.2) is 54.7 Å². The Morgan fingerprint density at radius 1 is 1.08 bits per heavy atom. The minimum Gasteiger partial charge on any atom is -0.367 e. The molecule has 0 aliphatic rings. The monoisotopic (exact) mass is 374 g/mol. The SMILES string of the molecule is O=C(COCc1ccccc1)Nc1ncc(Cc2ccc(F)c(F)c2)s1. The number of halogens is 2. The molecule has 4 nitrogen and oxygen atoms in total. The van der Waals surface area contributed by atoms with E-state index in [-0.39, 0.29) is 12.5 Å². The van der Waals surface area contributed by atoms with Crippen molar-refractivity contribution in [2.24, 2.45) is 0 Å². The molecule has 2 aromatic carbocycles. The van der Waals surface area contributed by atoms with Gasteiger partial charge in [-0.2, -0.15) is 0 Å². The van der Waals surface area contributed by atoms with E-state index in [0.717, 1.165) is 22.6 Å². The molecule has 7 heteroatoms. The first-order valence-corrected chi connectivity index (χ1v) is 8.72. The fourth-order valence-corrected chi connectivity index (χ4v) is 3.15. The number of anilines is 1. The summed E-state index contributed by atoms with van der Waals surface area (Å²) in [6.07, 6.45) is 2.02. The maximum absolute atomic E-state index is 13.2. The molecule has 0 saturated carbocycles. The second kappa shape index (κ2) is 8.64. The van der Waals surface area contributed by atoms with Crippen LogP contribution in [0, 0.1) is 11.6 Å². The van der Waals surface area contributed by atoms with Crippen LogP contribution in [0.25, 0.3) is 0 Å². The summed E-state index contributed by atoms with van der Waals surface area (Å²) in [6.45, 7) is 0.278. The summed E-state index contributed by atoms with van der Waals surface area (Å²) in [5.74, 6) is -2.05. The molecule has 1 N–H and O–H groups in total. The minimum atomic E-state index is -0.879. The van der Waals surface area contributed by atoms with Crippen LogP contribution < -0.4 is 5.32 Å². The first-order valence-electron chi connectivity index (χ1n) is 7.90. The van der Waals surface area contributed by atoms with Crippen molar-refractivity contribution < 1.29 is 18.3 Å². The third kappa shape index (κ3) is 5.18. The second-order valence-corrected chi connectivity index (χ2v) is 6.70. The topological polar surface area (TPSA) is 51.2 Å². The lowest BCUT2D eigenvalue weighted by molar-refractivity contribution is -0.121. The van der Waals surface area contributed by atoms with E-state index in [1.54, 1.807) is 6.20 Å². The van der Waals surface area contributed by atoms with E-state index in [1.807, 2.05) is 30.3 Å². The van der Waals surface area contributed by atoms with Crippen LogP contribution in [0.1, 0.15) is 16.0 Å². The van der Waals surface area contributed by atoms with Crippen LogP contribution in [0.3, 0.4) is 0 Å². The summed E-state index contributed by atoms with van der Waals surface area (Å²) in [7, 11) is 0. The van der Waals surface area contributed by atoms with E-state index in [2.05, 4.69) is 10.3 Å². The molecule has 0 aliphatic carbocycles. The van der Waals surface area contributed by atoms with E-state index in [4.69, 9.17) is 4.74 Å². The third-order valence-corrected chi connectivity index (χ3v) is 4.42. The highest BCUT2D eigenvalue weighted by molar-refractivity contribution is 7.15. The Morgan fingerprint density at radius 2 is 1.88 bits per heavy atom. The smallest absolute Gasteiger partial charge is 0.252 e. The summed E-state index contributed by atoms with van der Waals surface area (Å²) < 4.78 is 31.6. The molecular weight excluding hydrogens is 358 g/mol. The van der Waals surface area contributed by atoms with Crippen molar-refractivity contribution in [3.8, 4) is 0 Å². The van der Waals surface area contributed by atoms with E-state index in [0.29, 0.717) is 23.7 Å². The molecule has 0 spiro atoms. The third-order valence-electron chi connectivity index (χ3n) is 3.51. The molecule has 0 atom stereocenters. The van der Waals surface area contributed by atoms with Gasteiger partial charge in [-0.1, -0.05) is 36.4 Å². The number of nitrogens with zero attached hydrogens (tertiary/aromatic N) is 1. The maximum Gasteiger partial charge on any atom is 0.252 e. The standard InChI is InChI=1S/C19H16F2N2O2S/c20-16-7-6-14(9-17(16)21)8-15-10-22-19(26-15)23-18(24)12-25-11-13-4-2-1-3-5-13/h1-7,9-10H,8,11-12H2,(H,22,23,24). The minimum absolute atomic E-state index is 0.0764. The van der Waals surface area contributed by atoms with Crippen molar-refractivity contribution in [1.29, 1.82) is 0 Å². The predicted octanol–water partition coefficient (Wildman–Crippen LogP) is 4.17. The number of carbonyl (C=O) groups excluding carboxylic acids is 1. The van der Waals surface area contributed by atoms with Crippen LogP contribution in [-0.2, 0) is 22.6 Å². The van der Waals surface area contributed by atoms with E-state index in [9.17, 15) is 13.6 Å². The Balaban J connectivity index is 1.48. The molecule has 26 heavy (non-hydrogen) atoms. The first kappa shape index (κ1) is 18.2. The van der Waals surface area contributed by atoms with Crippen molar-refractivity contribution in [2.75, 3.05) is 11.9 Å². The van der Waals surface area contributed by atoms with Crippen LogP contribution >= 0.6 is 11.3 Å². The lowest BCUT2D eigenvalue weighted by atomic mass is 10.1. The molecule has 1 heterocycles. The summed E-state index contributed by atoms with van der Waals surface area (Å²) in [5, 5.41) is 3.10. The van der Waals surface area contributed by atoms with Gasteiger partial charge in [0.05, 0.1) is 6.61 Å². The molecule has 0 fully saturated rings. The molecule has 0 unspecified atom stereocenters. The quantitative estimate of drug-likeness (QED) is 0.675. The number of aromatic nitrogens is 1. The number of benzene rings is 2. The van der Waals surface area contributed by atoms with Crippen molar-refractivity contribution in [3.63, 3.8) is 0 Å². The van der Waals surface area contributed by atoms with Gasteiger partial charge in [-0.05, 0) is 23.3 Å². The van der Waals surface area contributed by atoms with Crippen LogP contribution in [-0.4, -0.2) is 17.5 Å². The molecule has 3 rings (SSSR count). The van der Waals surface area contributed by atoms with Crippen LogP contribution in [0.4, 0.5) is 13.9 Å². The molecule has 1 aromatic heterocycles. The maximum atomic E-state index is 13.2. The highest BCUT2D eigenvalue weighted by Crippen LogP contribution is 2.22. The molecule has 0 bridgehead atoms. The van der Waals surface area contributed by atoms with Crippen molar-refractivity contribution in [2.45, 2.75) is 13.0 Å². The lowest BCUT2D eigenvalue weighted by Crippen LogP contribution is -2.18. The molecule has 0 saturated heterocycles. The molecule has 3 aromatic rings. The Morgan fingerprint density at radius 3 is 2.65 bits per heavy atom. The molecule has 0 aliphatic heterocycles.